The SMILES string of the molecule is COc1ccc(CN(CCCO)Cc2ccc(C)s2)cn1. The van der Waals surface area contributed by atoms with Crippen LogP contribution < -0.4 is 4.74 Å². The second-order valence-electron chi connectivity index (χ2n) is 5.01. The Morgan fingerprint density at radius 1 is 1.24 bits per heavy atom. The van der Waals surface area contributed by atoms with Crippen LogP contribution in [0.2, 0.25) is 0 Å². The smallest absolute Gasteiger partial charge is 0.212 e. The summed E-state index contributed by atoms with van der Waals surface area (Å²) in [6.45, 7) is 4.96. The maximum absolute atomic E-state index is 9.07. The van der Waals surface area contributed by atoms with E-state index in [1.54, 1.807) is 7.11 Å². The van der Waals surface area contributed by atoms with Crippen LogP contribution in [-0.2, 0) is 13.1 Å². The molecule has 0 aromatic carbocycles. The van der Waals surface area contributed by atoms with Gasteiger partial charge in [-0.1, -0.05) is 6.07 Å². The molecule has 114 valence electrons. The van der Waals surface area contributed by atoms with Gasteiger partial charge in [0.2, 0.25) is 5.88 Å². The van der Waals surface area contributed by atoms with Crippen molar-refractivity contribution in [3.8, 4) is 5.88 Å². The number of hydrogen-bond donors (Lipinski definition) is 1. The molecular formula is C16H22N2O2S. The minimum atomic E-state index is 0.223. The molecule has 2 aromatic rings. The Hall–Kier alpha value is -1.43. The van der Waals surface area contributed by atoms with Gasteiger partial charge in [0.1, 0.15) is 0 Å². The molecule has 1 N–H and O–H groups in total. The van der Waals surface area contributed by atoms with Gasteiger partial charge in [0.15, 0.2) is 0 Å². The summed E-state index contributed by atoms with van der Waals surface area (Å²) in [6.07, 6.45) is 2.64. The summed E-state index contributed by atoms with van der Waals surface area (Å²) >= 11 is 1.83. The fraction of sp³-hybridized carbons (Fsp3) is 0.438. The third kappa shape index (κ3) is 5.12. The van der Waals surface area contributed by atoms with Crippen LogP contribution in [0.5, 0.6) is 5.88 Å². The zero-order chi connectivity index (χ0) is 15.1. The Bertz CT molecular complexity index is 539. The van der Waals surface area contributed by atoms with Crippen LogP contribution in [-0.4, -0.2) is 35.3 Å². The van der Waals surface area contributed by atoms with Crippen LogP contribution >= 0.6 is 11.3 Å². The first-order valence-corrected chi connectivity index (χ1v) is 7.90. The lowest BCUT2D eigenvalue weighted by atomic mass is 10.2. The van der Waals surface area contributed by atoms with Gasteiger partial charge in [0, 0.05) is 48.3 Å². The Labute approximate surface area is 130 Å². The highest BCUT2D eigenvalue weighted by Crippen LogP contribution is 2.19. The number of hydrogen-bond acceptors (Lipinski definition) is 5. The summed E-state index contributed by atoms with van der Waals surface area (Å²) in [7, 11) is 1.62. The molecule has 0 radical (unpaired) electrons. The molecule has 5 heteroatoms. The number of pyridine rings is 1. The summed E-state index contributed by atoms with van der Waals surface area (Å²) in [6, 6.07) is 8.25. The summed E-state index contributed by atoms with van der Waals surface area (Å²) in [5.41, 5.74) is 1.15. The molecule has 2 rings (SSSR count). The molecule has 0 atom stereocenters. The standard InChI is InChI=1S/C16H22N2O2S/c1-13-4-6-15(21-13)12-18(8-3-9-19)11-14-5-7-16(20-2)17-10-14/h4-7,10,19H,3,8-9,11-12H2,1-2H3. The third-order valence-corrected chi connectivity index (χ3v) is 4.21. The normalized spacial score (nSPS) is 11.0. The van der Waals surface area contributed by atoms with E-state index >= 15 is 0 Å². The van der Waals surface area contributed by atoms with Gasteiger partial charge in [-0.05, 0) is 31.0 Å². The summed E-state index contributed by atoms with van der Waals surface area (Å²) in [5.74, 6) is 0.634. The van der Waals surface area contributed by atoms with E-state index in [0.29, 0.717) is 5.88 Å². The van der Waals surface area contributed by atoms with E-state index in [9.17, 15) is 0 Å². The van der Waals surface area contributed by atoms with Gasteiger partial charge in [-0.2, -0.15) is 0 Å². The topological polar surface area (TPSA) is 45.6 Å². The number of aliphatic hydroxyl groups excluding tert-OH is 1. The van der Waals surface area contributed by atoms with Crippen molar-refractivity contribution in [1.29, 1.82) is 0 Å². The van der Waals surface area contributed by atoms with Crippen molar-refractivity contribution in [2.45, 2.75) is 26.4 Å². The number of methoxy groups -OCH3 is 1. The first kappa shape index (κ1) is 15.9. The predicted octanol–water partition coefficient (Wildman–Crippen LogP) is 2.84. The summed E-state index contributed by atoms with van der Waals surface area (Å²) in [4.78, 5) is 9.27. The molecule has 0 saturated heterocycles. The molecule has 0 saturated carbocycles. The van der Waals surface area contributed by atoms with Crippen molar-refractivity contribution in [1.82, 2.24) is 9.88 Å². The van der Waals surface area contributed by atoms with Crippen molar-refractivity contribution in [3.63, 3.8) is 0 Å². The van der Waals surface area contributed by atoms with Crippen molar-refractivity contribution < 1.29 is 9.84 Å². The van der Waals surface area contributed by atoms with E-state index in [-0.39, 0.29) is 6.61 Å². The number of aryl methyl sites for hydroxylation is 1. The van der Waals surface area contributed by atoms with Gasteiger partial charge in [-0.15, -0.1) is 11.3 Å². The van der Waals surface area contributed by atoms with Crippen LogP contribution in [0.15, 0.2) is 30.5 Å². The van der Waals surface area contributed by atoms with Gasteiger partial charge in [-0.3, -0.25) is 4.90 Å². The van der Waals surface area contributed by atoms with E-state index < -0.39 is 0 Å². The quantitative estimate of drug-likeness (QED) is 0.814. The van der Waals surface area contributed by atoms with E-state index in [4.69, 9.17) is 9.84 Å². The molecule has 0 fully saturated rings. The maximum Gasteiger partial charge on any atom is 0.212 e. The second-order valence-corrected chi connectivity index (χ2v) is 6.38. The highest BCUT2D eigenvalue weighted by atomic mass is 32.1. The van der Waals surface area contributed by atoms with Crippen LogP contribution in [0.1, 0.15) is 21.7 Å². The highest BCUT2D eigenvalue weighted by Gasteiger charge is 2.09. The van der Waals surface area contributed by atoms with Gasteiger partial charge in [-0.25, -0.2) is 4.98 Å². The highest BCUT2D eigenvalue weighted by molar-refractivity contribution is 7.11. The molecule has 2 heterocycles. The maximum atomic E-state index is 9.07. The molecule has 0 aliphatic rings. The Kier molecular flexibility index (Phi) is 6.17. The molecule has 0 bridgehead atoms. The van der Waals surface area contributed by atoms with Gasteiger partial charge in [0.05, 0.1) is 7.11 Å². The van der Waals surface area contributed by atoms with E-state index in [1.165, 1.54) is 9.75 Å². The lowest BCUT2D eigenvalue weighted by Crippen LogP contribution is -2.24. The first-order valence-electron chi connectivity index (χ1n) is 7.08. The van der Waals surface area contributed by atoms with Crippen LogP contribution in [0.4, 0.5) is 0 Å². The lowest BCUT2D eigenvalue weighted by molar-refractivity contribution is 0.213. The van der Waals surface area contributed by atoms with Crippen LogP contribution in [0.25, 0.3) is 0 Å². The molecule has 0 amide bonds. The van der Waals surface area contributed by atoms with E-state index in [1.807, 2.05) is 29.7 Å². The molecule has 0 spiro atoms. The van der Waals surface area contributed by atoms with Crippen LogP contribution in [0, 0.1) is 6.92 Å². The Morgan fingerprint density at radius 2 is 2.10 bits per heavy atom. The predicted molar refractivity (Wildman–Crippen MR) is 85.7 cm³/mol. The van der Waals surface area contributed by atoms with Crippen molar-refractivity contribution in [2.75, 3.05) is 20.3 Å². The number of aliphatic hydroxyl groups is 1. The Morgan fingerprint density at radius 3 is 2.67 bits per heavy atom. The number of nitrogens with zero attached hydrogens (tertiary/aromatic N) is 2. The van der Waals surface area contributed by atoms with Crippen molar-refractivity contribution in [2.24, 2.45) is 0 Å². The molecule has 2 aromatic heterocycles. The number of aromatic nitrogens is 1. The minimum absolute atomic E-state index is 0.223. The Balaban J connectivity index is 2.00. The fourth-order valence-electron chi connectivity index (χ4n) is 2.18. The average Bonchev–Trinajstić information content (AvgIpc) is 2.90. The molecular weight excluding hydrogens is 284 g/mol. The molecule has 21 heavy (non-hydrogen) atoms. The first-order chi connectivity index (χ1) is 10.2. The van der Waals surface area contributed by atoms with E-state index in [0.717, 1.165) is 31.6 Å². The second kappa shape index (κ2) is 8.12. The van der Waals surface area contributed by atoms with Crippen LogP contribution in [0.3, 0.4) is 0 Å². The number of thiophene rings is 1. The fourth-order valence-corrected chi connectivity index (χ4v) is 3.12. The van der Waals surface area contributed by atoms with Gasteiger partial charge >= 0.3 is 0 Å². The molecule has 0 unspecified atom stereocenters. The van der Waals surface area contributed by atoms with Crippen molar-refractivity contribution in [3.05, 3.63) is 45.8 Å². The van der Waals surface area contributed by atoms with E-state index in [2.05, 4.69) is 28.9 Å². The zero-order valence-electron chi connectivity index (χ0n) is 12.6. The summed E-state index contributed by atoms with van der Waals surface area (Å²) < 4.78 is 5.08. The number of rotatable bonds is 8. The van der Waals surface area contributed by atoms with Crippen molar-refractivity contribution >= 4 is 11.3 Å². The minimum Gasteiger partial charge on any atom is -0.481 e. The zero-order valence-corrected chi connectivity index (χ0v) is 13.4. The molecule has 4 nitrogen and oxygen atoms in total. The lowest BCUT2D eigenvalue weighted by Gasteiger charge is -2.21. The summed E-state index contributed by atoms with van der Waals surface area (Å²) in [5, 5.41) is 9.07. The number of ether oxygens (including phenoxy) is 1. The third-order valence-electron chi connectivity index (χ3n) is 3.22. The average molecular weight is 306 g/mol. The van der Waals surface area contributed by atoms with Gasteiger partial charge in [0.25, 0.3) is 0 Å². The largest absolute Gasteiger partial charge is 0.481 e. The molecule has 0 aliphatic heterocycles. The molecule has 0 aliphatic carbocycles. The monoisotopic (exact) mass is 306 g/mol. The van der Waals surface area contributed by atoms with Gasteiger partial charge < -0.3 is 9.84 Å².